The van der Waals surface area contributed by atoms with Gasteiger partial charge in [0.1, 0.15) is 12.4 Å². The molecule has 0 aliphatic carbocycles. The van der Waals surface area contributed by atoms with Gasteiger partial charge in [0.25, 0.3) is 5.91 Å². The molecule has 1 amide bonds. The van der Waals surface area contributed by atoms with Gasteiger partial charge in [0.15, 0.2) is 0 Å². The minimum Gasteiger partial charge on any atom is -0.491 e. The largest absolute Gasteiger partial charge is 0.491 e. The molecule has 1 heterocycles. The van der Waals surface area contributed by atoms with E-state index in [1.165, 1.54) is 11.1 Å². The third-order valence-corrected chi connectivity index (χ3v) is 6.07. The van der Waals surface area contributed by atoms with E-state index in [4.69, 9.17) is 10.00 Å². The summed E-state index contributed by atoms with van der Waals surface area (Å²) in [4.78, 5) is 14.7. The number of amides is 1. The van der Waals surface area contributed by atoms with E-state index in [1.54, 1.807) is 31.2 Å². The van der Waals surface area contributed by atoms with Gasteiger partial charge >= 0.3 is 0 Å². The zero-order chi connectivity index (χ0) is 22.5. The average molecular weight is 422 g/mol. The van der Waals surface area contributed by atoms with E-state index >= 15 is 0 Å². The van der Waals surface area contributed by atoms with Crippen molar-refractivity contribution < 1.29 is 14.6 Å². The molecule has 3 rings (SSSR count). The molecule has 0 bridgehead atoms. The Kier molecular flexibility index (Phi) is 7.32. The number of benzene rings is 2. The number of hydrogen-bond acceptors (Lipinski definition) is 5. The quantitative estimate of drug-likeness (QED) is 0.683. The number of aliphatic hydroxyl groups excluding tert-OH is 1. The maximum Gasteiger partial charge on any atom is 0.251 e. The van der Waals surface area contributed by atoms with Gasteiger partial charge in [-0.15, -0.1) is 0 Å². The first-order chi connectivity index (χ1) is 14.8. The van der Waals surface area contributed by atoms with E-state index in [0.29, 0.717) is 23.6 Å². The topological polar surface area (TPSA) is 85.6 Å². The highest BCUT2D eigenvalue weighted by molar-refractivity contribution is 5.94. The lowest BCUT2D eigenvalue weighted by molar-refractivity contribution is 0.0569. The Morgan fingerprint density at radius 2 is 1.87 bits per heavy atom. The molecule has 0 spiro atoms. The Labute approximate surface area is 184 Å². The zero-order valence-electron chi connectivity index (χ0n) is 18.7. The fourth-order valence-corrected chi connectivity index (χ4v) is 3.92. The number of carbonyl (C=O) groups is 1. The van der Waals surface area contributed by atoms with Gasteiger partial charge in [0.2, 0.25) is 0 Å². The van der Waals surface area contributed by atoms with Crippen LogP contribution >= 0.6 is 0 Å². The second-order valence-corrected chi connectivity index (χ2v) is 8.46. The van der Waals surface area contributed by atoms with Crippen LogP contribution in [0, 0.1) is 31.1 Å². The zero-order valence-corrected chi connectivity index (χ0v) is 18.7. The SMILES string of the molecule is Cc1c(OC[C@@H](C)O)ccc(C(C)N2CC(CNC(=O)c3ccc(C#N)cc3)C2)c1C. The van der Waals surface area contributed by atoms with Crippen molar-refractivity contribution >= 4 is 5.91 Å². The van der Waals surface area contributed by atoms with Crippen LogP contribution in [0.15, 0.2) is 36.4 Å². The van der Waals surface area contributed by atoms with E-state index in [2.05, 4.69) is 43.1 Å². The Morgan fingerprint density at radius 3 is 2.48 bits per heavy atom. The molecule has 1 aliphatic heterocycles. The fraction of sp³-hybridized carbons (Fsp3) is 0.440. The number of nitrogens with zero attached hydrogens (tertiary/aromatic N) is 2. The first-order valence-electron chi connectivity index (χ1n) is 10.7. The van der Waals surface area contributed by atoms with Crippen molar-refractivity contribution in [2.24, 2.45) is 5.92 Å². The van der Waals surface area contributed by atoms with Gasteiger partial charge in [0.05, 0.1) is 17.7 Å². The third kappa shape index (κ3) is 5.43. The number of carbonyl (C=O) groups excluding carboxylic acids is 1. The van der Waals surface area contributed by atoms with Gasteiger partial charge in [-0.3, -0.25) is 9.69 Å². The Morgan fingerprint density at radius 1 is 1.19 bits per heavy atom. The van der Waals surface area contributed by atoms with Crippen molar-refractivity contribution in [1.82, 2.24) is 10.2 Å². The summed E-state index contributed by atoms with van der Waals surface area (Å²) in [5, 5.41) is 21.3. The van der Waals surface area contributed by atoms with E-state index < -0.39 is 6.10 Å². The lowest BCUT2D eigenvalue weighted by atomic mass is 9.91. The van der Waals surface area contributed by atoms with E-state index in [-0.39, 0.29) is 18.6 Å². The van der Waals surface area contributed by atoms with E-state index in [9.17, 15) is 9.90 Å². The van der Waals surface area contributed by atoms with Gasteiger partial charge < -0.3 is 15.2 Å². The molecular weight excluding hydrogens is 390 g/mol. The minimum absolute atomic E-state index is 0.102. The molecule has 0 radical (unpaired) electrons. The summed E-state index contributed by atoms with van der Waals surface area (Å²) in [6.07, 6.45) is -0.492. The lowest BCUT2D eigenvalue weighted by Gasteiger charge is -2.44. The molecule has 0 saturated carbocycles. The summed E-state index contributed by atoms with van der Waals surface area (Å²) >= 11 is 0. The highest BCUT2D eigenvalue weighted by Gasteiger charge is 2.32. The molecule has 1 saturated heterocycles. The number of hydrogen-bond donors (Lipinski definition) is 2. The fourth-order valence-electron chi connectivity index (χ4n) is 3.92. The number of nitrogens with one attached hydrogen (secondary N) is 1. The minimum atomic E-state index is -0.492. The molecule has 1 fully saturated rings. The van der Waals surface area contributed by atoms with Gasteiger partial charge in [0, 0.05) is 37.2 Å². The van der Waals surface area contributed by atoms with E-state index in [0.717, 1.165) is 24.4 Å². The molecule has 6 heteroatoms. The van der Waals surface area contributed by atoms with Crippen LogP contribution in [-0.4, -0.2) is 48.3 Å². The van der Waals surface area contributed by atoms with Crippen LogP contribution in [0.4, 0.5) is 0 Å². The summed E-state index contributed by atoms with van der Waals surface area (Å²) in [5.74, 6) is 1.15. The normalized spacial score (nSPS) is 16.1. The van der Waals surface area contributed by atoms with Crippen LogP contribution in [-0.2, 0) is 0 Å². The monoisotopic (exact) mass is 421 g/mol. The number of nitriles is 1. The standard InChI is InChI=1S/C25H31N3O3/c1-16(29)15-31-24-10-9-23(17(2)18(24)3)19(4)28-13-21(14-28)12-27-25(30)22-7-5-20(11-26)6-8-22/h5-10,16,19,21,29H,12-15H2,1-4H3,(H,27,30)/t16-,19?/m1/s1. The number of rotatable bonds is 8. The third-order valence-electron chi connectivity index (χ3n) is 6.07. The second-order valence-electron chi connectivity index (χ2n) is 8.46. The molecule has 6 nitrogen and oxygen atoms in total. The van der Waals surface area contributed by atoms with Crippen LogP contribution in [0.5, 0.6) is 5.75 Å². The summed E-state index contributed by atoms with van der Waals surface area (Å²) in [5.41, 5.74) is 4.73. The lowest BCUT2D eigenvalue weighted by Crippen LogP contribution is -2.52. The summed E-state index contributed by atoms with van der Waals surface area (Å²) in [7, 11) is 0. The molecule has 164 valence electrons. The summed E-state index contributed by atoms with van der Waals surface area (Å²) < 4.78 is 5.72. The van der Waals surface area contributed by atoms with Crippen molar-refractivity contribution in [2.75, 3.05) is 26.2 Å². The van der Waals surface area contributed by atoms with Gasteiger partial charge in [-0.2, -0.15) is 5.26 Å². The summed E-state index contributed by atoms with van der Waals surface area (Å²) in [6.45, 7) is 10.9. The number of aliphatic hydroxyl groups is 1. The smallest absolute Gasteiger partial charge is 0.251 e. The van der Waals surface area contributed by atoms with Gasteiger partial charge in [-0.25, -0.2) is 0 Å². The van der Waals surface area contributed by atoms with Crippen LogP contribution in [0.25, 0.3) is 0 Å². The molecule has 2 aromatic rings. The maximum absolute atomic E-state index is 12.3. The molecule has 0 aromatic heterocycles. The average Bonchev–Trinajstić information content (AvgIpc) is 2.73. The second kappa shape index (κ2) is 9.95. The molecule has 2 N–H and O–H groups in total. The van der Waals surface area contributed by atoms with Crippen molar-refractivity contribution in [3.05, 3.63) is 64.2 Å². The Hall–Kier alpha value is -2.88. The van der Waals surface area contributed by atoms with Crippen LogP contribution in [0.3, 0.4) is 0 Å². The Bertz CT molecular complexity index is 957. The maximum atomic E-state index is 12.3. The van der Waals surface area contributed by atoms with Gasteiger partial charge in [-0.05, 0) is 74.7 Å². The highest BCUT2D eigenvalue weighted by atomic mass is 16.5. The molecule has 2 aromatic carbocycles. The first kappa shape index (κ1) is 22.8. The van der Waals surface area contributed by atoms with Crippen LogP contribution < -0.4 is 10.1 Å². The molecular formula is C25H31N3O3. The molecule has 1 unspecified atom stereocenters. The van der Waals surface area contributed by atoms with Crippen LogP contribution in [0.2, 0.25) is 0 Å². The van der Waals surface area contributed by atoms with Crippen molar-refractivity contribution in [2.45, 2.75) is 39.8 Å². The van der Waals surface area contributed by atoms with E-state index in [1.807, 2.05) is 6.07 Å². The van der Waals surface area contributed by atoms with Gasteiger partial charge in [-0.1, -0.05) is 6.07 Å². The number of likely N-dealkylation sites (tertiary alicyclic amines) is 1. The molecule has 1 aliphatic rings. The van der Waals surface area contributed by atoms with Crippen molar-refractivity contribution in [3.63, 3.8) is 0 Å². The number of ether oxygens (including phenoxy) is 1. The predicted octanol–water partition coefficient (Wildman–Crippen LogP) is 3.36. The Balaban J connectivity index is 1.50. The summed E-state index contributed by atoms with van der Waals surface area (Å²) in [6, 6.07) is 13.1. The first-order valence-corrected chi connectivity index (χ1v) is 10.7. The molecule has 2 atom stereocenters. The highest BCUT2D eigenvalue weighted by Crippen LogP contribution is 2.34. The van der Waals surface area contributed by atoms with Crippen molar-refractivity contribution in [1.29, 1.82) is 5.26 Å². The predicted molar refractivity (Wildman–Crippen MR) is 120 cm³/mol. The van der Waals surface area contributed by atoms with Crippen molar-refractivity contribution in [3.8, 4) is 11.8 Å². The molecule has 31 heavy (non-hydrogen) atoms. The van der Waals surface area contributed by atoms with Crippen LogP contribution in [0.1, 0.15) is 52.5 Å².